The fraction of sp³-hybridized carbons (Fsp3) is 0.700. The first-order chi connectivity index (χ1) is 8.22. The van der Waals surface area contributed by atoms with E-state index in [-0.39, 0.29) is 11.9 Å². The van der Waals surface area contributed by atoms with Gasteiger partial charge in [0.1, 0.15) is 0 Å². The van der Waals surface area contributed by atoms with E-state index in [0.717, 1.165) is 0 Å². The van der Waals surface area contributed by atoms with Gasteiger partial charge in [-0.2, -0.15) is 0 Å². The second-order valence-electron chi connectivity index (χ2n) is 3.77. The van der Waals surface area contributed by atoms with Crippen molar-refractivity contribution in [3.05, 3.63) is 12.4 Å². The van der Waals surface area contributed by atoms with Gasteiger partial charge in [-0.1, -0.05) is 5.21 Å². The summed E-state index contributed by atoms with van der Waals surface area (Å²) in [5, 5.41) is 13.3. The highest BCUT2D eigenvalue weighted by atomic mass is 16.5. The number of nitrogens with one attached hydrogen (secondary N) is 2. The first-order valence-corrected chi connectivity index (χ1v) is 5.55. The Morgan fingerprint density at radius 2 is 2.41 bits per heavy atom. The molecule has 1 atom stereocenters. The van der Waals surface area contributed by atoms with Crippen molar-refractivity contribution in [2.75, 3.05) is 26.8 Å². The Bertz CT molecular complexity index is 315. The second-order valence-corrected chi connectivity index (χ2v) is 3.77. The number of ether oxygens (including phenoxy) is 1. The van der Waals surface area contributed by atoms with E-state index in [1.54, 1.807) is 24.2 Å². The van der Waals surface area contributed by atoms with Crippen LogP contribution in [0.4, 0.5) is 0 Å². The zero-order chi connectivity index (χ0) is 12.5. The molecule has 1 unspecified atom stereocenters. The molecule has 1 aromatic heterocycles. The van der Waals surface area contributed by atoms with E-state index in [0.29, 0.717) is 26.2 Å². The summed E-state index contributed by atoms with van der Waals surface area (Å²) in [5.74, 6) is -0.0341. The first kappa shape index (κ1) is 13.6. The van der Waals surface area contributed by atoms with Crippen LogP contribution in [0, 0.1) is 0 Å². The lowest BCUT2D eigenvalue weighted by atomic mass is 10.3. The molecule has 0 fully saturated rings. The number of carbonyl (C=O) groups is 1. The van der Waals surface area contributed by atoms with Crippen LogP contribution in [-0.2, 0) is 16.1 Å². The highest BCUT2D eigenvalue weighted by Gasteiger charge is 2.05. The third kappa shape index (κ3) is 5.98. The van der Waals surface area contributed by atoms with Crippen LogP contribution in [0.1, 0.15) is 6.92 Å². The van der Waals surface area contributed by atoms with Gasteiger partial charge in [0.25, 0.3) is 0 Å². The molecular weight excluding hydrogens is 222 g/mol. The highest BCUT2D eigenvalue weighted by Crippen LogP contribution is 1.82. The van der Waals surface area contributed by atoms with Crippen LogP contribution in [0.15, 0.2) is 12.4 Å². The van der Waals surface area contributed by atoms with Crippen molar-refractivity contribution in [2.24, 2.45) is 0 Å². The average molecular weight is 241 g/mol. The summed E-state index contributed by atoms with van der Waals surface area (Å²) >= 11 is 0. The maximum absolute atomic E-state index is 11.4. The standard InChI is InChI=1S/C10H19N5O2/c1-9(8-17-2)13-10(16)7-11-3-5-15-6-4-12-14-15/h4,6,9,11H,3,5,7-8H2,1-2H3,(H,13,16). The lowest BCUT2D eigenvalue weighted by Gasteiger charge is -2.12. The molecule has 1 heterocycles. The molecule has 1 amide bonds. The number of hydrogen-bond donors (Lipinski definition) is 2. The smallest absolute Gasteiger partial charge is 0.234 e. The van der Waals surface area contributed by atoms with E-state index < -0.39 is 0 Å². The molecule has 0 aliphatic heterocycles. The maximum atomic E-state index is 11.4. The van der Waals surface area contributed by atoms with Crippen LogP contribution in [0.5, 0.6) is 0 Å². The van der Waals surface area contributed by atoms with Gasteiger partial charge in [-0.05, 0) is 6.92 Å². The third-order valence-electron chi connectivity index (χ3n) is 2.10. The van der Waals surface area contributed by atoms with Crippen molar-refractivity contribution >= 4 is 5.91 Å². The molecule has 2 N–H and O–H groups in total. The van der Waals surface area contributed by atoms with Gasteiger partial charge in [-0.15, -0.1) is 5.10 Å². The first-order valence-electron chi connectivity index (χ1n) is 5.55. The highest BCUT2D eigenvalue weighted by molar-refractivity contribution is 5.78. The number of nitrogens with zero attached hydrogens (tertiary/aromatic N) is 3. The number of rotatable bonds is 8. The molecular formula is C10H19N5O2. The fourth-order valence-electron chi connectivity index (χ4n) is 1.37. The summed E-state index contributed by atoms with van der Waals surface area (Å²) in [6.07, 6.45) is 3.40. The van der Waals surface area contributed by atoms with Crippen LogP contribution < -0.4 is 10.6 Å². The van der Waals surface area contributed by atoms with Crippen LogP contribution in [0.25, 0.3) is 0 Å². The van der Waals surface area contributed by atoms with Gasteiger partial charge in [-0.25, -0.2) is 0 Å². The molecule has 1 aromatic rings. The molecule has 7 heteroatoms. The Kier molecular flexibility index (Phi) is 6.19. The number of carbonyl (C=O) groups excluding carboxylic acids is 1. The summed E-state index contributed by atoms with van der Waals surface area (Å²) in [7, 11) is 1.61. The molecule has 7 nitrogen and oxygen atoms in total. The predicted octanol–water partition coefficient (Wildman–Crippen LogP) is -0.981. The minimum absolute atomic E-state index is 0.0321. The van der Waals surface area contributed by atoms with Crippen molar-refractivity contribution < 1.29 is 9.53 Å². The Hall–Kier alpha value is -1.47. The molecule has 0 saturated carbocycles. The Morgan fingerprint density at radius 1 is 1.59 bits per heavy atom. The van der Waals surface area contributed by atoms with Crippen LogP contribution >= 0.6 is 0 Å². The Balaban J connectivity index is 2.04. The van der Waals surface area contributed by atoms with Gasteiger partial charge in [-0.3, -0.25) is 9.48 Å². The van der Waals surface area contributed by atoms with Crippen molar-refractivity contribution in [1.82, 2.24) is 25.6 Å². The molecule has 0 aliphatic rings. The number of amides is 1. The molecule has 96 valence electrons. The monoisotopic (exact) mass is 241 g/mol. The van der Waals surface area contributed by atoms with E-state index in [4.69, 9.17) is 4.74 Å². The van der Waals surface area contributed by atoms with Gasteiger partial charge in [0.05, 0.1) is 25.9 Å². The summed E-state index contributed by atoms with van der Waals surface area (Å²) in [6, 6.07) is 0.0321. The van der Waals surface area contributed by atoms with Gasteiger partial charge in [0, 0.05) is 25.9 Å². The van der Waals surface area contributed by atoms with Gasteiger partial charge in [0.15, 0.2) is 0 Å². The third-order valence-corrected chi connectivity index (χ3v) is 2.10. The lowest BCUT2D eigenvalue weighted by Crippen LogP contribution is -2.41. The predicted molar refractivity (Wildman–Crippen MR) is 62.4 cm³/mol. The van der Waals surface area contributed by atoms with Crippen molar-refractivity contribution in [3.63, 3.8) is 0 Å². The second kappa shape index (κ2) is 7.75. The van der Waals surface area contributed by atoms with E-state index in [2.05, 4.69) is 20.9 Å². The van der Waals surface area contributed by atoms with E-state index >= 15 is 0 Å². The SMILES string of the molecule is COCC(C)NC(=O)CNCCn1ccnn1. The molecule has 17 heavy (non-hydrogen) atoms. The van der Waals surface area contributed by atoms with Gasteiger partial charge < -0.3 is 15.4 Å². The Morgan fingerprint density at radius 3 is 3.06 bits per heavy atom. The summed E-state index contributed by atoms with van der Waals surface area (Å²) < 4.78 is 6.63. The molecule has 0 spiro atoms. The van der Waals surface area contributed by atoms with Crippen molar-refractivity contribution in [1.29, 1.82) is 0 Å². The number of methoxy groups -OCH3 is 1. The minimum Gasteiger partial charge on any atom is -0.383 e. The zero-order valence-electron chi connectivity index (χ0n) is 10.2. The molecule has 0 bridgehead atoms. The maximum Gasteiger partial charge on any atom is 0.234 e. The number of hydrogen-bond acceptors (Lipinski definition) is 5. The number of aromatic nitrogens is 3. The summed E-state index contributed by atoms with van der Waals surface area (Å²) in [5.41, 5.74) is 0. The summed E-state index contributed by atoms with van der Waals surface area (Å²) in [6.45, 7) is 4.08. The van der Waals surface area contributed by atoms with Gasteiger partial charge in [0.2, 0.25) is 5.91 Å². The topological polar surface area (TPSA) is 81.1 Å². The molecule has 1 rings (SSSR count). The van der Waals surface area contributed by atoms with Crippen molar-refractivity contribution in [3.8, 4) is 0 Å². The zero-order valence-corrected chi connectivity index (χ0v) is 10.2. The average Bonchev–Trinajstić information content (AvgIpc) is 2.77. The molecule has 0 aliphatic carbocycles. The normalized spacial score (nSPS) is 12.4. The molecule has 0 saturated heterocycles. The molecule has 0 radical (unpaired) electrons. The van der Waals surface area contributed by atoms with Crippen molar-refractivity contribution in [2.45, 2.75) is 19.5 Å². The quantitative estimate of drug-likeness (QED) is 0.572. The van der Waals surface area contributed by atoms with E-state index in [1.807, 2.05) is 6.92 Å². The van der Waals surface area contributed by atoms with Crippen LogP contribution in [0.2, 0.25) is 0 Å². The summed E-state index contributed by atoms with van der Waals surface area (Å²) in [4.78, 5) is 11.4. The van der Waals surface area contributed by atoms with Gasteiger partial charge >= 0.3 is 0 Å². The van der Waals surface area contributed by atoms with Crippen LogP contribution in [0.3, 0.4) is 0 Å². The molecule has 0 aromatic carbocycles. The lowest BCUT2D eigenvalue weighted by molar-refractivity contribution is -0.121. The fourth-order valence-corrected chi connectivity index (χ4v) is 1.37. The largest absolute Gasteiger partial charge is 0.383 e. The van der Waals surface area contributed by atoms with E-state index in [1.165, 1.54) is 0 Å². The van der Waals surface area contributed by atoms with E-state index in [9.17, 15) is 4.79 Å². The minimum atomic E-state index is -0.0341. The van der Waals surface area contributed by atoms with Crippen LogP contribution in [-0.4, -0.2) is 53.7 Å². The Labute approximate surface area is 101 Å².